The molecule has 0 bridgehead atoms. The summed E-state index contributed by atoms with van der Waals surface area (Å²) < 4.78 is 11.1. The van der Waals surface area contributed by atoms with Crippen molar-refractivity contribution >= 4 is 17.1 Å². The minimum Gasteiger partial charge on any atom is -0.493 e. The van der Waals surface area contributed by atoms with Gasteiger partial charge in [-0.3, -0.25) is 4.79 Å². The molecular weight excluding hydrogens is 246 g/mol. The Bertz CT molecular complexity index is 562. The predicted octanol–water partition coefficient (Wildman–Crippen LogP) is 3.02. The van der Waals surface area contributed by atoms with Gasteiger partial charge in [-0.1, -0.05) is 6.92 Å². The number of fused-ring (bicyclic) bond motifs is 1. The van der Waals surface area contributed by atoms with Crippen LogP contribution in [0.4, 0.5) is 0 Å². The summed E-state index contributed by atoms with van der Waals surface area (Å²) in [6.07, 6.45) is 2.30. The van der Waals surface area contributed by atoms with E-state index in [1.807, 2.05) is 25.1 Å². The van der Waals surface area contributed by atoms with Crippen LogP contribution >= 0.6 is 0 Å². The molecule has 0 saturated heterocycles. The van der Waals surface area contributed by atoms with Gasteiger partial charge in [-0.2, -0.15) is 0 Å². The fourth-order valence-electron chi connectivity index (χ4n) is 1.76. The van der Waals surface area contributed by atoms with Crippen LogP contribution in [-0.2, 0) is 11.2 Å². The normalized spacial score (nSPS) is 10.8. The van der Waals surface area contributed by atoms with Crippen LogP contribution in [0, 0.1) is 0 Å². The number of ether oxygens (including phenoxy) is 1. The van der Waals surface area contributed by atoms with Gasteiger partial charge in [0, 0.05) is 18.9 Å². The summed E-state index contributed by atoms with van der Waals surface area (Å²) in [6.45, 7) is 2.50. The molecule has 2 aromatic rings. The Morgan fingerprint density at radius 2 is 2.26 bits per heavy atom. The summed E-state index contributed by atoms with van der Waals surface area (Å²) in [6, 6.07) is 5.53. The maximum Gasteiger partial charge on any atom is 0.303 e. The van der Waals surface area contributed by atoms with Crippen LogP contribution in [0.5, 0.6) is 5.75 Å². The van der Waals surface area contributed by atoms with Crippen LogP contribution in [0.25, 0.3) is 11.1 Å². The molecule has 19 heavy (non-hydrogen) atoms. The van der Waals surface area contributed by atoms with E-state index < -0.39 is 5.97 Å². The molecule has 0 aliphatic carbocycles. The summed E-state index contributed by atoms with van der Waals surface area (Å²) >= 11 is 0. The van der Waals surface area contributed by atoms with Crippen LogP contribution in [0.1, 0.15) is 32.1 Å². The van der Waals surface area contributed by atoms with Gasteiger partial charge in [-0.05, 0) is 25.0 Å². The quantitative estimate of drug-likeness (QED) is 0.777. The second-order valence-corrected chi connectivity index (χ2v) is 4.29. The van der Waals surface area contributed by atoms with E-state index in [0.29, 0.717) is 18.9 Å². The Morgan fingerprint density at radius 1 is 1.42 bits per heavy atom. The number of hydrogen-bond donors (Lipinski definition) is 1. The summed E-state index contributed by atoms with van der Waals surface area (Å²) in [5, 5.41) is 8.51. The molecule has 0 spiro atoms. The first-order chi connectivity index (χ1) is 9.19. The van der Waals surface area contributed by atoms with Gasteiger partial charge in [0.15, 0.2) is 11.5 Å². The summed E-state index contributed by atoms with van der Waals surface area (Å²) in [4.78, 5) is 14.7. The monoisotopic (exact) mass is 263 g/mol. The van der Waals surface area contributed by atoms with E-state index in [1.54, 1.807) is 0 Å². The summed E-state index contributed by atoms with van der Waals surface area (Å²) in [5.74, 6) is 0.672. The average Bonchev–Trinajstić information content (AvgIpc) is 2.80. The highest BCUT2D eigenvalue weighted by molar-refractivity contribution is 5.74. The second-order valence-electron chi connectivity index (χ2n) is 4.29. The number of unbranched alkanes of at least 4 members (excludes halogenated alkanes) is 1. The number of oxazole rings is 1. The SMILES string of the molecule is CCc1nc2ccc(OCCCCC(=O)O)cc2o1. The molecule has 0 saturated carbocycles. The topological polar surface area (TPSA) is 72.6 Å². The number of carboxylic acids is 1. The standard InChI is InChI=1S/C14H17NO4/c1-2-13-15-11-7-6-10(9-12(11)19-13)18-8-4-3-5-14(16)17/h6-7,9H,2-5,8H2,1H3,(H,16,17). The molecule has 5 nitrogen and oxygen atoms in total. The number of hydrogen-bond acceptors (Lipinski definition) is 4. The number of aryl methyl sites for hydroxylation is 1. The predicted molar refractivity (Wildman–Crippen MR) is 70.4 cm³/mol. The van der Waals surface area contributed by atoms with Gasteiger partial charge >= 0.3 is 5.97 Å². The fraction of sp³-hybridized carbons (Fsp3) is 0.429. The maximum absolute atomic E-state index is 10.3. The molecule has 1 N–H and O–H groups in total. The first-order valence-electron chi connectivity index (χ1n) is 6.43. The van der Waals surface area contributed by atoms with Crippen LogP contribution in [0.2, 0.25) is 0 Å². The molecule has 0 atom stereocenters. The Kier molecular flexibility index (Phi) is 4.39. The molecule has 0 aliphatic rings. The third-order valence-electron chi connectivity index (χ3n) is 2.76. The third-order valence-corrected chi connectivity index (χ3v) is 2.76. The maximum atomic E-state index is 10.3. The first-order valence-corrected chi connectivity index (χ1v) is 6.43. The Labute approximate surface area is 111 Å². The lowest BCUT2D eigenvalue weighted by Crippen LogP contribution is -2.00. The first kappa shape index (κ1) is 13.4. The molecule has 0 aliphatic heterocycles. The van der Waals surface area contributed by atoms with Gasteiger partial charge in [0.1, 0.15) is 11.3 Å². The molecule has 1 aromatic heterocycles. The van der Waals surface area contributed by atoms with E-state index >= 15 is 0 Å². The zero-order valence-electron chi connectivity index (χ0n) is 10.9. The van der Waals surface area contributed by atoms with Gasteiger partial charge in [-0.25, -0.2) is 4.98 Å². The molecular formula is C14H17NO4. The number of carboxylic acid groups (broad SMARTS) is 1. The van der Waals surface area contributed by atoms with Crippen LogP contribution in [0.15, 0.2) is 22.6 Å². The molecule has 1 aromatic carbocycles. The van der Waals surface area contributed by atoms with Gasteiger partial charge in [0.2, 0.25) is 0 Å². The van der Waals surface area contributed by atoms with E-state index in [0.717, 1.165) is 29.7 Å². The van der Waals surface area contributed by atoms with Crippen molar-refractivity contribution in [2.75, 3.05) is 6.61 Å². The van der Waals surface area contributed by atoms with Crippen LogP contribution in [0.3, 0.4) is 0 Å². The minimum atomic E-state index is -0.768. The highest BCUT2D eigenvalue weighted by Crippen LogP contribution is 2.22. The molecule has 5 heteroatoms. The molecule has 1 heterocycles. The second kappa shape index (κ2) is 6.22. The van der Waals surface area contributed by atoms with Gasteiger partial charge in [0.25, 0.3) is 0 Å². The summed E-state index contributed by atoms with van der Waals surface area (Å²) in [7, 11) is 0. The van der Waals surface area contributed by atoms with Crippen molar-refractivity contribution in [2.45, 2.75) is 32.6 Å². The molecule has 0 radical (unpaired) electrons. The molecule has 0 amide bonds. The minimum absolute atomic E-state index is 0.185. The van der Waals surface area contributed by atoms with E-state index in [1.165, 1.54) is 0 Å². The largest absolute Gasteiger partial charge is 0.493 e. The lowest BCUT2D eigenvalue weighted by atomic mass is 10.2. The third kappa shape index (κ3) is 3.71. The Morgan fingerprint density at radius 3 is 3.00 bits per heavy atom. The van der Waals surface area contributed by atoms with Crippen molar-refractivity contribution in [3.63, 3.8) is 0 Å². The van der Waals surface area contributed by atoms with E-state index in [-0.39, 0.29) is 6.42 Å². The molecule has 0 fully saturated rings. The highest BCUT2D eigenvalue weighted by Gasteiger charge is 2.05. The smallest absolute Gasteiger partial charge is 0.303 e. The summed E-state index contributed by atoms with van der Waals surface area (Å²) in [5.41, 5.74) is 1.55. The number of carbonyl (C=O) groups is 1. The van der Waals surface area contributed by atoms with Crippen molar-refractivity contribution in [2.24, 2.45) is 0 Å². The van der Waals surface area contributed by atoms with Crippen LogP contribution < -0.4 is 4.74 Å². The highest BCUT2D eigenvalue weighted by atomic mass is 16.5. The van der Waals surface area contributed by atoms with Gasteiger partial charge < -0.3 is 14.3 Å². The van der Waals surface area contributed by atoms with Crippen molar-refractivity contribution < 1.29 is 19.1 Å². The molecule has 102 valence electrons. The van der Waals surface area contributed by atoms with E-state index in [9.17, 15) is 4.79 Å². The number of rotatable bonds is 7. The average molecular weight is 263 g/mol. The molecule has 0 unspecified atom stereocenters. The fourth-order valence-corrected chi connectivity index (χ4v) is 1.76. The zero-order chi connectivity index (χ0) is 13.7. The van der Waals surface area contributed by atoms with E-state index in [4.69, 9.17) is 14.3 Å². The van der Waals surface area contributed by atoms with Crippen LogP contribution in [-0.4, -0.2) is 22.7 Å². The number of benzene rings is 1. The van der Waals surface area contributed by atoms with E-state index in [2.05, 4.69) is 4.98 Å². The van der Waals surface area contributed by atoms with Gasteiger partial charge in [0.05, 0.1) is 6.61 Å². The number of aliphatic carboxylic acids is 1. The zero-order valence-corrected chi connectivity index (χ0v) is 10.9. The number of aromatic nitrogens is 1. The Balaban J connectivity index is 1.88. The van der Waals surface area contributed by atoms with Crippen molar-refractivity contribution in [1.29, 1.82) is 0 Å². The van der Waals surface area contributed by atoms with Crippen molar-refractivity contribution in [3.05, 3.63) is 24.1 Å². The lowest BCUT2D eigenvalue weighted by Gasteiger charge is -2.04. The lowest BCUT2D eigenvalue weighted by molar-refractivity contribution is -0.137. The number of nitrogens with zero attached hydrogens (tertiary/aromatic N) is 1. The Hall–Kier alpha value is -2.04. The molecule has 2 rings (SSSR count). The van der Waals surface area contributed by atoms with Crippen molar-refractivity contribution in [3.8, 4) is 5.75 Å². The van der Waals surface area contributed by atoms with Crippen molar-refractivity contribution in [1.82, 2.24) is 4.98 Å². The van der Waals surface area contributed by atoms with Gasteiger partial charge in [-0.15, -0.1) is 0 Å².